The van der Waals surface area contributed by atoms with Crippen LogP contribution in [0.5, 0.6) is 0 Å². The lowest BCUT2D eigenvalue weighted by Crippen LogP contribution is -2.39. The normalized spacial score (nSPS) is 17.3. The smallest absolute Gasteiger partial charge is 0.0501 e. The molecule has 0 fully saturated rings. The quantitative estimate of drug-likeness (QED) is 0.918. The van der Waals surface area contributed by atoms with Gasteiger partial charge in [-0.25, -0.2) is 0 Å². The van der Waals surface area contributed by atoms with Crippen LogP contribution in [0.15, 0.2) is 48.5 Å². The van der Waals surface area contributed by atoms with Crippen molar-refractivity contribution in [2.45, 2.75) is 26.3 Å². The van der Waals surface area contributed by atoms with E-state index < -0.39 is 0 Å². The van der Waals surface area contributed by atoms with Gasteiger partial charge < -0.3 is 10.2 Å². The van der Waals surface area contributed by atoms with Crippen molar-refractivity contribution < 1.29 is 0 Å². The Kier molecular flexibility index (Phi) is 4.26. The minimum absolute atomic E-state index is 0.427. The van der Waals surface area contributed by atoms with Crippen LogP contribution in [0.3, 0.4) is 0 Å². The Hall–Kier alpha value is -1.80. The predicted molar refractivity (Wildman–Crippen MR) is 90.0 cm³/mol. The molecule has 2 aromatic rings. The molecule has 110 valence electrons. The van der Waals surface area contributed by atoms with E-state index in [0.29, 0.717) is 6.04 Å². The maximum absolute atomic E-state index is 3.68. The van der Waals surface area contributed by atoms with Gasteiger partial charge in [0.25, 0.3) is 0 Å². The zero-order valence-corrected chi connectivity index (χ0v) is 13.0. The van der Waals surface area contributed by atoms with Gasteiger partial charge in [0.2, 0.25) is 0 Å². The Balaban J connectivity index is 1.80. The molecule has 0 spiro atoms. The fraction of sp³-hybridized carbons (Fsp3) is 0.368. The van der Waals surface area contributed by atoms with Crippen LogP contribution in [0, 0.1) is 6.92 Å². The van der Waals surface area contributed by atoms with Gasteiger partial charge in [-0.2, -0.15) is 0 Å². The van der Waals surface area contributed by atoms with E-state index in [9.17, 15) is 0 Å². The van der Waals surface area contributed by atoms with Crippen LogP contribution in [-0.2, 0) is 6.42 Å². The van der Waals surface area contributed by atoms with Crippen molar-refractivity contribution in [3.63, 3.8) is 0 Å². The van der Waals surface area contributed by atoms with E-state index in [0.717, 1.165) is 26.1 Å². The molecule has 1 heterocycles. The third-order valence-corrected chi connectivity index (χ3v) is 4.40. The Morgan fingerprint density at radius 2 is 1.86 bits per heavy atom. The number of benzene rings is 2. The highest BCUT2D eigenvalue weighted by atomic mass is 15.2. The summed E-state index contributed by atoms with van der Waals surface area (Å²) in [5, 5.41) is 3.68. The molecular formula is C19H24N2. The number of aryl methyl sites for hydroxylation is 1. The first-order valence-corrected chi connectivity index (χ1v) is 7.90. The average Bonchev–Trinajstić information content (AvgIpc) is 2.54. The van der Waals surface area contributed by atoms with Crippen LogP contribution in [-0.4, -0.2) is 19.6 Å². The highest BCUT2D eigenvalue weighted by Gasteiger charge is 2.21. The summed E-state index contributed by atoms with van der Waals surface area (Å²) in [7, 11) is 0. The second-order valence-corrected chi connectivity index (χ2v) is 5.83. The number of rotatable bonds is 4. The number of nitrogens with zero attached hydrogens (tertiary/aromatic N) is 1. The molecule has 2 aromatic carbocycles. The molecule has 3 rings (SSSR count). The standard InChI is InChI=1S/C19H24N2/c1-3-21(17-10-8-15(2)9-11-17)14-19-18-7-5-4-6-16(18)12-13-20-19/h4-11,19-20H,3,12-14H2,1-2H3. The molecule has 1 N–H and O–H groups in total. The second kappa shape index (κ2) is 6.31. The van der Waals surface area contributed by atoms with Gasteiger partial charge in [-0.1, -0.05) is 42.0 Å². The molecule has 1 unspecified atom stereocenters. The Bertz CT molecular complexity index is 589. The van der Waals surface area contributed by atoms with Gasteiger partial charge in [-0.15, -0.1) is 0 Å². The van der Waals surface area contributed by atoms with Gasteiger partial charge in [-0.3, -0.25) is 0 Å². The minimum atomic E-state index is 0.427. The van der Waals surface area contributed by atoms with Crippen LogP contribution < -0.4 is 10.2 Å². The van der Waals surface area contributed by atoms with Crippen molar-refractivity contribution in [1.29, 1.82) is 0 Å². The maximum atomic E-state index is 3.68. The molecule has 2 nitrogen and oxygen atoms in total. The molecule has 1 aliphatic rings. The van der Waals surface area contributed by atoms with Crippen LogP contribution >= 0.6 is 0 Å². The van der Waals surface area contributed by atoms with Gasteiger partial charge in [0.1, 0.15) is 0 Å². The van der Waals surface area contributed by atoms with E-state index in [1.54, 1.807) is 0 Å². The number of hydrogen-bond donors (Lipinski definition) is 1. The van der Waals surface area contributed by atoms with Gasteiger partial charge in [0, 0.05) is 18.8 Å². The van der Waals surface area contributed by atoms with E-state index in [1.165, 1.54) is 22.4 Å². The zero-order chi connectivity index (χ0) is 14.7. The summed E-state index contributed by atoms with van der Waals surface area (Å²) < 4.78 is 0. The topological polar surface area (TPSA) is 15.3 Å². The first kappa shape index (κ1) is 14.2. The lowest BCUT2D eigenvalue weighted by Gasteiger charge is -2.33. The van der Waals surface area contributed by atoms with Gasteiger partial charge >= 0.3 is 0 Å². The SMILES string of the molecule is CCN(CC1NCCc2ccccc21)c1ccc(C)cc1. The van der Waals surface area contributed by atoms with E-state index >= 15 is 0 Å². The lowest BCUT2D eigenvalue weighted by molar-refractivity contribution is 0.498. The third-order valence-electron chi connectivity index (χ3n) is 4.40. The summed E-state index contributed by atoms with van der Waals surface area (Å²) >= 11 is 0. The Morgan fingerprint density at radius 3 is 2.62 bits per heavy atom. The minimum Gasteiger partial charge on any atom is -0.370 e. The molecule has 0 bridgehead atoms. The molecule has 0 amide bonds. The van der Waals surface area contributed by atoms with Gasteiger partial charge in [0.15, 0.2) is 0 Å². The van der Waals surface area contributed by atoms with Crippen LogP contribution in [0.2, 0.25) is 0 Å². The van der Waals surface area contributed by atoms with Gasteiger partial charge in [-0.05, 0) is 50.1 Å². The molecule has 0 aromatic heterocycles. The monoisotopic (exact) mass is 280 g/mol. The number of nitrogens with one attached hydrogen (secondary N) is 1. The first-order valence-electron chi connectivity index (χ1n) is 7.90. The summed E-state index contributed by atoms with van der Waals surface area (Å²) in [4.78, 5) is 2.46. The van der Waals surface area contributed by atoms with E-state index in [-0.39, 0.29) is 0 Å². The predicted octanol–water partition coefficient (Wildman–Crippen LogP) is 3.71. The van der Waals surface area contributed by atoms with Crippen LogP contribution in [0.1, 0.15) is 29.7 Å². The molecule has 0 aliphatic carbocycles. The molecular weight excluding hydrogens is 256 g/mol. The molecule has 1 atom stereocenters. The van der Waals surface area contributed by atoms with Crippen molar-refractivity contribution in [2.24, 2.45) is 0 Å². The fourth-order valence-electron chi connectivity index (χ4n) is 3.15. The van der Waals surface area contributed by atoms with Gasteiger partial charge in [0.05, 0.1) is 6.04 Å². The third kappa shape index (κ3) is 3.11. The maximum Gasteiger partial charge on any atom is 0.0501 e. The van der Waals surface area contributed by atoms with E-state index in [4.69, 9.17) is 0 Å². The Labute approximate surface area is 127 Å². The average molecular weight is 280 g/mol. The van der Waals surface area contributed by atoms with Crippen LogP contribution in [0.25, 0.3) is 0 Å². The summed E-state index contributed by atoms with van der Waals surface area (Å²) in [6, 6.07) is 18.1. The van der Waals surface area contributed by atoms with E-state index in [1.807, 2.05) is 0 Å². The number of hydrogen-bond acceptors (Lipinski definition) is 2. The zero-order valence-electron chi connectivity index (χ0n) is 13.0. The largest absolute Gasteiger partial charge is 0.370 e. The van der Waals surface area contributed by atoms with Crippen molar-refractivity contribution in [3.05, 3.63) is 65.2 Å². The van der Waals surface area contributed by atoms with Crippen molar-refractivity contribution >= 4 is 5.69 Å². The number of fused-ring (bicyclic) bond motifs is 1. The highest BCUT2D eigenvalue weighted by Crippen LogP contribution is 2.25. The molecule has 0 saturated carbocycles. The summed E-state index contributed by atoms with van der Waals surface area (Å²) in [6.07, 6.45) is 1.14. The second-order valence-electron chi connectivity index (χ2n) is 5.83. The van der Waals surface area contributed by atoms with Crippen LogP contribution in [0.4, 0.5) is 5.69 Å². The molecule has 1 aliphatic heterocycles. The molecule has 0 saturated heterocycles. The molecule has 21 heavy (non-hydrogen) atoms. The summed E-state index contributed by atoms with van der Waals surface area (Å²) in [5.74, 6) is 0. The molecule has 0 radical (unpaired) electrons. The Morgan fingerprint density at radius 1 is 1.10 bits per heavy atom. The summed E-state index contributed by atoms with van der Waals surface area (Å²) in [6.45, 7) is 7.50. The van der Waals surface area contributed by atoms with E-state index in [2.05, 4.69) is 72.6 Å². The number of likely N-dealkylation sites (N-methyl/N-ethyl adjacent to an activating group) is 1. The highest BCUT2D eigenvalue weighted by molar-refractivity contribution is 5.48. The van der Waals surface area contributed by atoms with Crippen molar-refractivity contribution in [1.82, 2.24) is 5.32 Å². The fourth-order valence-corrected chi connectivity index (χ4v) is 3.15. The molecule has 2 heteroatoms. The number of anilines is 1. The summed E-state index contributed by atoms with van der Waals surface area (Å²) in [5.41, 5.74) is 5.60. The first-order chi connectivity index (χ1) is 10.3. The lowest BCUT2D eigenvalue weighted by atomic mass is 9.94. The van der Waals surface area contributed by atoms with Crippen molar-refractivity contribution in [3.8, 4) is 0 Å². The van der Waals surface area contributed by atoms with Crippen molar-refractivity contribution in [2.75, 3.05) is 24.5 Å².